The lowest BCUT2D eigenvalue weighted by atomic mass is 9.94. The van der Waals surface area contributed by atoms with Crippen LogP contribution in [0, 0.1) is 11.8 Å². The summed E-state index contributed by atoms with van der Waals surface area (Å²) in [4.78, 5) is 2.51. The number of hydrogen-bond donors (Lipinski definition) is 1. The highest BCUT2D eigenvalue weighted by molar-refractivity contribution is 6.33. The van der Waals surface area contributed by atoms with Crippen molar-refractivity contribution in [3.63, 3.8) is 0 Å². The van der Waals surface area contributed by atoms with Gasteiger partial charge >= 0.3 is 0 Å². The van der Waals surface area contributed by atoms with E-state index in [0.29, 0.717) is 5.92 Å². The average Bonchev–Trinajstić information content (AvgIpc) is 2.47. The molecule has 0 aromatic heterocycles. The Kier molecular flexibility index (Phi) is 6.38. The Labute approximate surface area is 134 Å². The van der Waals surface area contributed by atoms with Gasteiger partial charge in [-0.25, -0.2) is 0 Å². The van der Waals surface area contributed by atoms with Crippen molar-refractivity contribution >= 4 is 17.3 Å². The molecule has 1 aliphatic heterocycles. The molecule has 1 fully saturated rings. The van der Waals surface area contributed by atoms with Crippen LogP contribution < -0.4 is 10.2 Å². The zero-order valence-corrected chi connectivity index (χ0v) is 14.4. The highest BCUT2D eigenvalue weighted by Gasteiger charge is 2.22. The minimum atomic E-state index is 0.673. The molecule has 0 radical (unpaired) electrons. The van der Waals surface area contributed by atoms with Crippen molar-refractivity contribution < 1.29 is 0 Å². The fourth-order valence-corrected chi connectivity index (χ4v) is 3.47. The van der Waals surface area contributed by atoms with Crippen LogP contribution in [0.3, 0.4) is 0 Å². The second-order valence-corrected chi connectivity index (χ2v) is 7.04. The Bertz CT molecular complexity index is 445. The lowest BCUT2D eigenvalue weighted by molar-refractivity contribution is 0.404. The van der Waals surface area contributed by atoms with E-state index >= 15 is 0 Å². The van der Waals surface area contributed by atoms with Gasteiger partial charge in [-0.3, -0.25) is 0 Å². The van der Waals surface area contributed by atoms with Crippen LogP contribution in [-0.2, 0) is 6.54 Å². The van der Waals surface area contributed by atoms with Gasteiger partial charge in [0.2, 0.25) is 0 Å². The quantitative estimate of drug-likeness (QED) is 0.818. The van der Waals surface area contributed by atoms with Gasteiger partial charge < -0.3 is 10.2 Å². The molecule has 0 amide bonds. The number of para-hydroxylation sites is 1. The zero-order valence-electron chi connectivity index (χ0n) is 13.7. The average molecular weight is 309 g/mol. The molecule has 3 heteroatoms. The first-order chi connectivity index (χ1) is 10.1. The molecule has 118 valence electrons. The second kappa shape index (κ2) is 8.05. The molecular weight excluding hydrogens is 280 g/mol. The number of hydrogen-bond acceptors (Lipinski definition) is 2. The van der Waals surface area contributed by atoms with Gasteiger partial charge in [-0.15, -0.1) is 0 Å². The predicted molar refractivity (Wildman–Crippen MR) is 93.2 cm³/mol. The molecule has 0 bridgehead atoms. The van der Waals surface area contributed by atoms with Crippen LogP contribution in [0.1, 0.15) is 45.6 Å². The molecule has 1 aromatic rings. The highest BCUT2D eigenvalue weighted by atomic mass is 35.5. The molecule has 1 saturated heterocycles. The molecule has 1 unspecified atom stereocenters. The standard InChI is InChI=1S/C18H29ClN2/c1-4-15-7-6-10-21(13-15)18-16(8-5-9-17(18)19)12-20-11-14(2)3/h5,8-9,14-15,20H,4,6-7,10-13H2,1-3H3. The number of piperidine rings is 1. The summed E-state index contributed by atoms with van der Waals surface area (Å²) >= 11 is 6.53. The molecule has 1 atom stereocenters. The third kappa shape index (κ3) is 4.62. The Balaban J connectivity index is 2.13. The zero-order chi connectivity index (χ0) is 15.2. The summed E-state index contributed by atoms with van der Waals surface area (Å²) in [6.45, 7) is 11.0. The normalized spacial score (nSPS) is 19.3. The number of nitrogens with one attached hydrogen (secondary N) is 1. The monoisotopic (exact) mass is 308 g/mol. The van der Waals surface area contributed by atoms with Crippen molar-refractivity contribution in [3.8, 4) is 0 Å². The van der Waals surface area contributed by atoms with Crippen molar-refractivity contribution in [1.82, 2.24) is 5.32 Å². The summed E-state index contributed by atoms with van der Waals surface area (Å²) in [7, 11) is 0. The van der Waals surface area contributed by atoms with Gasteiger partial charge in [-0.1, -0.05) is 50.9 Å². The van der Waals surface area contributed by atoms with Gasteiger partial charge in [0.15, 0.2) is 0 Å². The van der Waals surface area contributed by atoms with Gasteiger partial charge in [0.05, 0.1) is 10.7 Å². The Morgan fingerprint density at radius 3 is 2.90 bits per heavy atom. The largest absolute Gasteiger partial charge is 0.370 e. The van der Waals surface area contributed by atoms with Crippen LogP contribution >= 0.6 is 11.6 Å². The Hall–Kier alpha value is -0.730. The number of nitrogens with zero attached hydrogens (tertiary/aromatic N) is 1. The van der Waals surface area contributed by atoms with E-state index in [0.717, 1.165) is 37.1 Å². The van der Waals surface area contributed by atoms with Crippen molar-refractivity contribution in [2.75, 3.05) is 24.5 Å². The summed E-state index contributed by atoms with van der Waals surface area (Å²) in [6.07, 6.45) is 3.91. The summed E-state index contributed by atoms with van der Waals surface area (Å²) in [5, 5.41) is 4.45. The van der Waals surface area contributed by atoms with E-state index in [1.54, 1.807) is 0 Å². The second-order valence-electron chi connectivity index (χ2n) is 6.63. The number of benzene rings is 1. The van der Waals surface area contributed by atoms with Gasteiger partial charge in [-0.05, 0) is 42.9 Å². The first kappa shape index (κ1) is 16.6. The summed E-state index contributed by atoms with van der Waals surface area (Å²) in [5.41, 5.74) is 2.59. The van der Waals surface area contributed by atoms with Gasteiger partial charge in [-0.2, -0.15) is 0 Å². The fourth-order valence-electron chi connectivity index (χ4n) is 3.15. The number of halogens is 1. The van der Waals surface area contributed by atoms with Crippen LogP contribution in [0.25, 0.3) is 0 Å². The predicted octanol–water partition coefficient (Wildman–Crippen LogP) is 4.71. The maximum Gasteiger partial charge on any atom is 0.0642 e. The summed E-state index contributed by atoms with van der Waals surface area (Å²) in [5.74, 6) is 1.48. The van der Waals surface area contributed by atoms with Gasteiger partial charge in [0.25, 0.3) is 0 Å². The molecule has 1 aliphatic rings. The van der Waals surface area contributed by atoms with Crippen molar-refractivity contribution in [3.05, 3.63) is 28.8 Å². The van der Waals surface area contributed by atoms with Crippen molar-refractivity contribution in [1.29, 1.82) is 0 Å². The van der Waals surface area contributed by atoms with Crippen molar-refractivity contribution in [2.24, 2.45) is 11.8 Å². The Morgan fingerprint density at radius 1 is 1.38 bits per heavy atom. The number of anilines is 1. The molecule has 1 N–H and O–H groups in total. The third-order valence-electron chi connectivity index (χ3n) is 4.35. The van der Waals surface area contributed by atoms with Crippen LogP contribution in [0.2, 0.25) is 5.02 Å². The maximum absolute atomic E-state index is 6.53. The highest BCUT2D eigenvalue weighted by Crippen LogP contribution is 2.33. The van der Waals surface area contributed by atoms with E-state index < -0.39 is 0 Å². The maximum atomic E-state index is 6.53. The van der Waals surface area contributed by atoms with Crippen LogP contribution in [0.15, 0.2) is 18.2 Å². The van der Waals surface area contributed by atoms with E-state index in [2.05, 4.69) is 43.1 Å². The minimum absolute atomic E-state index is 0.673. The van der Waals surface area contributed by atoms with E-state index in [1.165, 1.54) is 30.5 Å². The van der Waals surface area contributed by atoms with E-state index in [4.69, 9.17) is 11.6 Å². The number of rotatable bonds is 6. The summed E-state index contributed by atoms with van der Waals surface area (Å²) < 4.78 is 0. The fraction of sp³-hybridized carbons (Fsp3) is 0.667. The van der Waals surface area contributed by atoms with Gasteiger partial charge in [0, 0.05) is 19.6 Å². The van der Waals surface area contributed by atoms with E-state index in [9.17, 15) is 0 Å². The smallest absolute Gasteiger partial charge is 0.0642 e. The minimum Gasteiger partial charge on any atom is -0.370 e. The first-order valence-electron chi connectivity index (χ1n) is 8.34. The van der Waals surface area contributed by atoms with Crippen molar-refractivity contribution in [2.45, 2.75) is 46.6 Å². The molecule has 0 spiro atoms. The van der Waals surface area contributed by atoms with E-state index in [1.807, 2.05) is 6.07 Å². The van der Waals surface area contributed by atoms with Gasteiger partial charge in [0.1, 0.15) is 0 Å². The van der Waals surface area contributed by atoms with Crippen LogP contribution in [0.4, 0.5) is 5.69 Å². The molecule has 1 heterocycles. The first-order valence-corrected chi connectivity index (χ1v) is 8.72. The molecule has 2 nitrogen and oxygen atoms in total. The third-order valence-corrected chi connectivity index (χ3v) is 4.66. The Morgan fingerprint density at radius 2 is 2.19 bits per heavy atom. The molecule has 1 aromatic carbocycles. The topological polar surface area (TPSA) is 15.3 Å². The van der Waals surface area contributed by atoms with Crippen LogP contribution in [-0.4, -0.2) is 19.6 Å². The lowest BCUT2D eigenvalue weighted by Crippen LogP contribution is -2.36. The molecule has 21 heavy (non-hydrogen) atoms. The summed E-state index contributed by atoms with van der Waals surface area (Å²) in [6, 6.07) is 6.31. The molecule has 2 rings (SSSR count). The molecule has 0 saturated carbocycles. The lowest BCUT2D eigenvalue weighted by Gasteiger charge is -2.36. The molecular formula is C18H29ClN2. The molecule has 0 aliphatic carbocycles. The van der Waals surface area contributed by atoms with E-state index in [-0.39, 0.29) is 0 Å². The SMILES string of the molecule is CCC1CCCN(c2c(Cl)cccc2CNCC(C)C)C1. The van der Waals surface area contributed by atoms with Crippen LogP contribution in [0.5, 0.6) is 0 Å².